The first kappa shape index (κ1) is 39.1. The minimum Gasteiger partial charge on any atom is -0.507 e. The van der Waals surface area contributed by atoms with Crippen molar-refractivity contribution in [3.05, 3.63) is 193 Å². The van der Waals surface area contributed by atoms with E-state index in [-0.39, 0.29) is 32.2 Å². The number of pyridine rings is 1. The van der Waals surface area contributed by atoms with Crippen LogP contribution in [0.4, 0.5) is 0 Å². The third kappa shape index (κ3) is 8.01. The predicted octanol–water partition coefficient (Wildman–Crippen LogP) is 14.3. The van der Waals surface area contributed by atoms with E-state index in [0.717, 1.165) is 72.5 Å². The molecule has 60 heavy (non-hydrogen) atoms. The molecule has 0 saturated carbocycles. The smallest absolute Gasteiger partial charge is 0.148 e. The zero-order valence-electron chi connectivity index (χ0n) is 35.3. The van der Waals surface area contributed by atoms with E-state index in [0.29, 0.717) is 11.4 Å². The summed E-state index contributed by atoms with van der Waals surface area (Å²) in [6.07, 6.45) is 1.88. The van der Waals surface area contributed by atoms with Crippen molar-refractivity contribution in [1.29, 1.82) is 0 Å². The van der Waals surface area contributed by atoms with Gasteiger partial charge in [-0.05, 0) is 86.7 Å². The van der Waals surface area contributed by atoms with E-state index in [1.54, 1.807) is 6.07 Å². The maximum atomic E-state index is 11.3. The maximum Gasteiger partial charge on any atom is 0.148 e. The number of imidazole rings is 1. The summed E-state index contributed by atoms with van der Waals surface area (Å²) in [5, 5.41) is 11.3. The first-order valence-corrected chi connectivity index (χ1v) is 20.1. The van der Waals surface area contributed by atoms with Gasteiger partial charge >= 0.3 is 0 Å². The van der Waals surface area contributed by atoms with Gasteiger partial charge in [0.2, 0.25) is 0 Å². The minimum atomic E-state index is -0.869. The summed E-state index contributed by atoms with van der Waals surface area (Å²) < 4.78 is 11.2. The monoisotopic (exact) mass is 960 g/mol. The average molecular weight is 961 g/mol. The molecule has 298 valence electrons. The summed E-state index contributed by atoms with van der Waals surface area (Å²) in [6, 6.07) is 61.7. The molecule has 2 aromatic heterocycles. The van der Waals surface area contributed by atoms with Crippen LogP contribution in [0, 0.1) is 6.07 Å². The molecule has 1 N–H and O–H groups in total. The number of phenols is 1. The van der Waals surface area contributed by atoms with Crippen LogP contribution in [0.25, 0.3) is 83.9 Å². The summed E-state index contributed by atoms with van der Waals surface area (Å²) in [5.41, 5.74) is 15.2. The van der Waals surface area contributed by atoms with Crippen molar-refractivity contribution in [3.63, 3.8) is 0 Å². The molecule has 0 saturated heterocycles. The summed E-state index contributed by atoms with van der Waals surface area (Å²) in [4.78, 5) is 10.3. The molecule has 0 bridgehead atoms. The molecule has 0 atom stereocenters. The molecule has 4 nitrogen and oxygen atoms in total. The molecular weight excluding hydrogens is 914 g/mol. The van der Waals surface area contributed by atoms with Crippen LogP contribution in [0.5, 0.6) is 5.75 Å². The number of benzene rings is 7. The molecule has 0 aliphatic heterocycles. The van der Waals surface area contributed by atoms with Gasteiger partial charge in [0.05, 0.1) is 16.6 Å². The average Bonchev–Trinajstić information content (AvgIpc) is 3.66. The van der Waals surface area contributed by atoms with E-state index >= 15 is 0 Å². The van der Waals surface area contributed by atoms with Crippen molar-refractivity contribution in [2.45, 2.75) is 45.9 Å². The number of hydrogen-bond acceptors (Lipinski definition) is 3. The van der Waals surface area contributed by atoms with Crippen LogP contribution in [0.3, 0.4) is 0 Å². The van der Waals surface area contributed by atoms with Gasteiger partial charge in [-0.15, -0.1) is 29.3 Å². The fourth-order valence-corrected chi connectivity index (χ4v) is 7.78. The van der Waals surface area contributed by atoms with Gasteiger partial charge in [-0.2, -0.15) is 0 Å². The SMILES string of the molecule is [2H]C(C)(C)c1cc(-c2ccccc2)cc(-n2c(-c3ccccc3O)nc3c(-c4[c-]c(-c5cc(-c6ccc(-c7ccccc7)cc6)ccn5)cc(C(C)(C)C)c4)cccc32)c1.[Pt]. The van der Waals surface area contributed by atoms with Crippen LogP contribution in [0.2, 0.25) is 0 Å². The van der Waals surface area contributed by atoms with Crippen molar-refractivity contribution in [2.75, 3.05) is 0 Å². The molecule has 5 heteroatoms. The molecule has 9 rings (SSSR count). The Morgan fingerprint density at radius 3 is 1.87 bits per heavy atom. The number of para-hydroxylation sites is 2. The number of aromatic hydroxyl groups is 1. The van der Waals surface area contributed by atoms with E-state index < -0.39 is 5.89 Å². The summed E-state index contributed by atoms with van der Waals surface area (Å²) >= 11 is 0. The topological polar surface area (TPSA) is 50.9 Å². The number of nitrogens with zero attached hydrogens (tertiary/aromatic N) is 3. The standard InChI is InChI=1S/C55H46N3O.Pt/c1-36(2)42-29-43(38-17-10-7-11-18-38)34-47(33-42)58-51-21-14-20-48(53(51)57-54(58)49-19-12-13-22-52(49)59)44-30-45(32-46(31-44)55(3,4)5)50-35-41(27-28-56-50)40-25-23-39(24-26-40)37-15-8-6-9-16-37;/h6-29,31-36,59H,1-5H3;/q-1;/i36D;. The number of aromatic nitrogens is 3. The third-order valence-corrected chi connectivity index (χ3v) is 11.1. The van der Waals surface area contributed by atoms with E-state index in [4.69, 9.17) is 11.3 Å². The van der Waals surface area contributed by atoms with Crippen LogP contribution in [-0.4, -0.2) is 19.6 Å². The van der Waals surface area contributed by atoms with Crippen LogP contribution in [-0.2, 0) is 26.5 Å². The molecule has 0 spiro atoms. The zero-order chi connectivity index (χ0) is 41.6. The first-order chi connectivity index (χ1) is 28.9. The van der Waals surface area contributed by atoms with Crippen molar-refractivity contribution in [3.8, 4) is 78.6 Å². The maximum absolute atomic E-state index is 11.3. The molecule has 2 heterocycles. The van der Waals surface area contributed by atoms with Gasteiger partial charge in [-0.25, -0.2) is 4.98 Å². The minimum absolute atomic E-state index is 0. The van der Waals surface area contributed by atoms with Crippen LogP contribution in [0.1, 0.15) is 53.0 Å². The van der Waals surface area contributed by atoms with Gasteiger partial charge in [0.25, 0.3) is 0 Å². The Bertz CT molecular complexity index is 3000. The summed E-state index contributed by atoms with van der Waals surface area (Å²) in [7, 11) is 0. The zero-order valence-corrected chi connectivity index (χ0v) is 36.6. The molecule has 0 amide bonds. The van der Waals surface area contributed by atoms with Gasteiger partial charge in [0, 0.05) is 40.0 Å². The fourth-order valence-electron chi connectivity index (χ4n) is 7.78. The molecule has 0 unspecified atom stereocenters. The Labute approximate surface area is 369 Å². The van der Waals surface area contributed by atoms with Gasteiger partial charge in [-0.3, -0.25) is 9.55 Å². The van der Waals surface area contributed by atoms with Gasteiger partial charge in [-0.1, -0.05) is 167 Å². The predicted molar refractivity (Wildman–Crippen MR) is 245 cm³/mol. The third-order valence-electron chi connectivity index (χ3n) is 11.1. The molecule has 0 aliphatic carbocycles. The van der Waals surface area contributed by atoms with E-state index in [1.807, 2.05) is 62.5 Å². The fraction of sp³-hybridized carbons (Fsp3) is 0.127. The van der Waals surface area contributed by atoms with Gasteiger partial charge in [0.15, 0.2) is 0 Å². The Morgan fingerprint density at radius 2 is 1.20 bits per heavy atom. The van der Waals surface area contributed by atoms with Crippen molar-refractivity contribution in [1.82, 2.24) is 14.5 Å². The Hall–Kier alpha value is -6.35. The van der Waals surface area contributed by atoms with Gasteiger partial charge < -0.3 is 5.11 Å². The summed E-state index contributed by atoms with van der Waals surface area (Å²) in [6.45, 7) is 10.5. The summed E-state index contributed by atoms with van der Waals surface area (Å²) in [5.74, 6) is -0.124. The molecule has 0 radical (unpaired) electrons. The largest absolute Gasteiger partial charge is 0.507 e. The van der Waals surface area contributed by atoms with Crippen LogP contribution in [0.15, 0.2) is 176 Å². The molecule has 7 aromatic carbocycles. The number of fused-ring (bicyclic) bond motifs is 1. The second-order valence-corrected chi connectivity index (χ2v) is 16.4. The molecular formula is C55H46N3OPt-. The normalized spacial score (nSPS) is 11.9. The number of hydrogen-bond donors (Lipinski definition) is 1. The Morgan fingerprint density at radius 1 is 0.600 bits per heavy atom. The van der Waals surface area contributed by atoms with Crippen molar-refractivity contribution < 1.29 is 27.5 Å². The van der Waals surface area contributed by atoms with E-state index in [2.05, 4.69) is 153 Å². The van der Waals surface area contributed by atoms with Crippen molar-refractivity contribution >= 4 is 11.0 Å². The molecule has 0 fully saturated rings. The van der Waals surface area contributed by atoms with E-state index in [9.17, 15) is 5.11 Å². The van der Waals surface area contributed by atoms with E-state index in [1.165, 1.54) is 11.1 Å². The van der Waals surface area contributed by atoms with Crippen LogP contribution < -0.4 is 0 Å². The van der Waals surface area contributed by atoms with Crippen LogP contribution >= 0.6 is 0 Å². The van der Waals surface area contributed by atoms with Gasteiger partial charge in [0.1, 0.15) is 11.6 Å². The Kier molecular flexibility index (Phi) is 10.9. The second kappa shape index (κ2) is 16.7. The first-order valence-electron chi connectivity index (χ1n) is 20.6. The second-order valence-electron chi connectivity index (χ2n) is 16.4. The van der Waals surface area contributed by atoms with Crippen molar-refractivity contribution in [2.24, 2.45) is 0 Å². The molecule has 0 aliphatic rings. The molecule has 9 aromatic rings. The number of phenolic OH excluding ortho intramolecular Hbond substituents is 1. The quantitative estimate of drug-likeness (QED) is 0.154. The Balaban J connectivity index is 0.00000514. The number of rotatable bonds is 8.